The molecule has 0 aliphatic heterocycles. The quantitative estimate of drug-likeness (QED) is 0.220. The summed E-state index contributed by atoms with van der Waals surface area (Å²) in [5.41, 5.74) is -1.48. The molecule has 0 fully saturated rings. The molecule has 0 aromatic heterocycles. The van der Waals surface area contributed by atoms with Gasteiger partial charge >= 0.3 is 6.18 Å². The van der Waals surface area contributed by atoms with E-state index >= 15 is 0 Å². The van der Waals surface area contributed by atoms with Crippen LogP contribution in [0.15, 0.2) is 54.6 Å². The minimum absolute atomic E-state index is 0.0843. The Bertz CT molecular complexity index is 1450. The molecule has 198 valence electrons. The first-order valence-electron chi connectivity index (χ1n) is 11.1. The number of anilines is 1. The Balaban J connectivity index is 1.77. The zero-order valence-electron chi connectivity index (χ0n) is 20.5. The normalized spacial score (nSPS) is 11.4. The van der Waals surface area contributed by atoms with Crippen LogP contribution in [0.3, 0.4) is 0 Å². The summed E-state index contributed by atoms with van der Waals surface area (Å²) >= 11 is 5.97. The van der Waals surface area contributed by atoms with E-state index < -0.39 is 47.0 Å². The molecule has 3 aromatic rings. The van der Waals surface area contributed by atoms with E-state index in [0.717, 1.165) is 6.07 Å². The molecular formula is C28H22ClF4NO4. The van der Waals surface area contributed by atoms with E-state index in [-0.39, 0.29) is 22.4 Å². The second kappa shape index (κ2) is 11.3. The van der Waals surface area contributed by atoms with Crippen LogP contribution in [0.4, 0.5) is 23.2 Å². The fraction of sp³-hybridized carbons (Fsp3) is 0.214. The topological polar surface area (TPSA) is 75.6 Å². The summed E-state index contributed by atoms with van der Waals surface area (Å²) in [6.07, 6.45) is -4.86. The SMILES string of the molecule is Cc1cc(C#CC(C)(C)O)ccc1NC(=O)COc1ccc(Cl)cc1C(=O)c1cc(F)cc(C(F)(F)F)c1. The van der Waals surface area contributed by atoms with Gasteiger partial charge < -0.3 is 15.2 Å². The van der Waals surface area contributed by atoms with E-state index in [4.69, 9.17) is 16.3 Å². The molecule has 10 heteroatoms. The number of ketones is 1. The van der Waals surface area contributed by atoms with Crippen molar-refractivity contribution in [3.63, 3.8) is 0 Å². The lowest BCUT2D eigenvalue weighted by Crippen LogP contribution is -2.21. The average Bonchev–Trinajstić information content (AvgIpc) is 2.81. The second-order valence-electron chi connectivity index (χ2n) is 8.87. The van der Waals surface area contributed by atoms with Crippen LogP contribution in [0.5, 0.6) is 5.75 Å². The van der Waals surface area contributed by atoms with Gasteiger partial charge in [-0.15, -0.1) is 0 Å². The number of carbonyl (C=O) groups is 2. The summed E-state index contributed by atoms with van der Waals surface area (Å²) in [6, 6.07) is 10.3. The third-order valence-electron chi connectivity index (χ3n) is 5.05. The summed E-state index contributed by atoms with van der Waals surface area (Å²) in [5.74, 6) is 2.62. The maximum atomic E-state index is 13.8. The number of benzene rings is 3. The number of aryl methyl sites for hydroxylation is 1. The number of halogens is 5. The first kappa shape index (κ1) is 28.7. The van der Waals surface area contributed by atoms with Crippen molar-refractivity contribution in [2.24, 2.45) is 0 Å². The monoisotopic (exact) mass is 547 g/mol. The van der Waals surface area contributed by atoms with Gasteiger partial charge in [-0.1, -0.05) is 23.4 Å². The highest BCUT2D eigenvalue weighted by Crippen LogP contribution is 2.32. The summed E-state index contributed by atoms with van der Waals surface area (Å²) in [4.78, 5) is 25.5. The molecule has 0 atom stereocenters. The minimum Gasteiger partial charge on any atom is -0.483 e. The van der Waals surface area contributed by atoms with Gasteiger partial charge in [0.1, 0.15) is 17.2 Å². The smallest absolute Gasteiger partial charge is 0.416 e. The van der Waals surface area contributed by atoms with Crippen molar-refractivity contribution in [2.45, 2.75) is 32.5 Å². The lowest BCUT2D eigenvalue weighted by molar-refractivity contribution is -0.137. The number of amides is 1. The Kier molecular flexibility index (Phi) is 8.50. The molecule has 0 saturated heterocycles. The molecule has 0 aliphatic carbocycles. The fourth-order valence-corrected chi connectivity index (χ4v) is 3.45. The van der Waals surface area contributed by atoms with Gasteiger partial charge in [-0.3, -0.25) is 9.59 Å². The van der Waals surface area contributed by atoms with Crippen LogP contribution < -0.4 is 10.1 Å². The molecule has 38 heavy (non-hydrogen) atoms. The molecule has 0 unspecified atom stereocenters. The van der Waals surface area contributed by atoms with Gasteiger partial charge in [-0.05, 0) is 80.9 Å². The van der Waals surface area contributed by atoms with E-state index in [2.05, 4.69) is 17.2 Å². The zero-order chi connectivity index (χ0) is 28.3. The predicted molar refractivity (Wildman–Crippen MR) is 135 cm³/mol. The summed E-state index contributed by atoms with van der Waals surface area (Å²) < 4.78 is 58.6. The fourth-order valence-electron chi connectivity index (χ4n) is 3.28. The molecule has 0 saturated carbocycles. The van der Waals surface area contributed by atoms with Crippen LogP contribution in [0.25, 0.3) is 0 Å². The first-order chi connectivity index (χ1) is 17.6. The molecule has 2 N–H and O–H groups in total. The Morgan fingerprint density at radius 3 is 2.39 bits per heavy atom. The van der Waals surface area contributed by atoms with E-state index in [1.165, 1.54) is 12.1 Å². The van der Waals surface area contributed by atoms with Gasteiger partial charge in [0, 0.05) is 21.8 Å². The van der Waals surface area contributed by atoms with Gasteiger partial charge in [0.2, 0.25) is 0 Å². The number of aliphatic hydroxyl groups is 1. The van der Waals surface area contributed by atoms with Gasteiger partial charge in [-0.2, -0.15) is 13.2 Å². The number of alkyl halides is 3. The van der Waals surface area contributed by atoms with Crippen molar-refractivity contribution in [3.05, 3.63) is 93.3 Å². The molecular weight excluding hydrogens is 526 g/mol. The number of nitrogens with one attached hydrogen (secondary N) is 1. The highest BCUT2D eigenvalue weighted by Gasteiger charge is 2.32. The van der Waals surface area contributed by atoms with Crippen molar-refractivity contribution < 1.29 is 37.0 Å². The van der Waals surface area contributed by atoms with Gasteiger partial charge in [-0.25, -0.2) is 4.39 Å². The molecule has 0 heterocycles. The third kappa shape index (κ3) is 7.81. The molecule has 5 nitrogen and oxygen atoms in total. The molecule has 3 aromatic carbocycles. The Labute approximate surface area is 221 Å². The predicted octanol–water partition coefficient (Wildman–Crippen LogP) is 6.18. The highest BCUT2D eigenvalue weighted by atomic mass is 35.5. The summed E-state index contributed by atoms with van der Waals surface area (Å²) in [5, 5.41) is 12.5. The van der Waals surface area contributed by atoms with Gasteiger partial charge in [0.15, 0.2) is 12.4 Å². The standard InChI is InChI=1S/C28H22ClF4NO4/c1-16-10-17(8-9-27(2,3)37)4-6-23(16)34-25(35)15-38-24-7-5-20(29)14-22(24)26(36)18-11-19(28(31,32)33)13-21(30)12-18/h4-7,10-14,37H,15H2,1-3H3,(H,34,35). The molecule has 1 amide bonds. The van der Waals surface area contributed by atoms with E-state index in [0.29, 0.717) is 28.9 Å². The van der Waals surface area contributed by atoms with E-state index in [1.807, 2.05) is 0 Å². The lowest BCUT2D eigenvalue weighted by Gasteiger charge is -2.14. The van der Waals surface area contributed by atoms with Crippen LogP contribution in [0.2, 0.25) is 5.02 Å². The number of hydrogen-bond donors (Lipinski definition) is 2. The molecule has 0 aliphatic rings. The Morgan fingerprint density at radius 2 is 1.76 bits per heavy atom. The first-order valence-corrected chi connectivity index (χ1v) is 11.5. The van der Waals surface area contributed by atoms with Crippen molar-refractivity contribution in [1.29, 1.82) is 0 Å². The van der Waals surface area contributed by atoms with Gasteiger partial charge in [0.05, 0.1) is 11.1 Å². The van der Waals surface area contributed by atoms with E-state index in [1.54, 1.807) is 39.0 Å². The van der Waals surface area contributed by atoms with E-state index in [9.17, 15) is 32.3 Å². The summed E-state index contributed by atoms with van der Waals surface area (Å²) in [7, 11) is 0. The third-order valence-corrected chi connectivity index (χ3v) is 5.28. The van der Waals surface area contributed by atoms with Gasteiger partial charge in [0.25, 0.3) is 5.91 Å². The molecule has 0 radical (unpaired) electrons. The second-order valence-corrected chi connectivity index (χ2v) is 9.31. The maximum Gasteiger partial charge on any atom is 0.416 e. The zero-order valence-corrected chi connectivity index (χ0v) is 21.2. The minimum atomic E-state index is -4.86. The number of hydrogen-bond acceptors (Lipinski definition) is 4. The molecule has 0 spiro atoms. The van der Waals surface area contributed by atoms with Crippen LogP contribution >= 0.6 is 11.6 Å². The van der Waals surface area contributed by atoms with Crippen LogP contribution in [-0.2, 0) is 11.0 Å². The van der Waals surface area contributed by atoms with Crippen molar-refractivity contribution >= 4 is 29.0 Å². The van der Waals surface area contributed by atoms with Crippen LogP contribution in [0.1, 0.15) is 46.5 Å². The highest BCUT2D eigenvalue weighted by molar-refractivity contribution is 6.31. The van der Waals surface area contributed by atoms with Crippen LogP contribution in [-0.4, -0.2) is 29.0 Å². The maximum absolute atomic E-state index is 13.8. The van der Waals surface area contributed by atoms with Crippen molar-refractivity contribution in [1.82, 2.24) is 0 Å². The molecule has 0 bridgehead atoms. The number of rotatable bonds is 6. The number of carbonyl (C=O) groups excluding carboxylic acids is 2. The largest absolute Gasteiger partial charge is 0.483 e. The average molecular weight is 548 g/mol. The summed E-state index contributed by atoms with van der Waals surface area (Å²) in [6.45, 7) is 4.31. The lowest BCUT2D eigenvalue weighted by atomic mass is 10.00. The van der Waals surface area contributed by atoms with Crippen molar-refractivity contribution in [3.8, 4) is 17.6 Å². The Hall–Kier alpha value is -3.87. The molecule has 3 rings (SSSR count). The number of ether oxygens (including phenoxy) is 1. The van der Waals surface area contributed by atoms with Crippen molar-refractivity contribution in [2.75, 3.05) is 11.9 Å². The Morgan fingerprint density at radius 1 is 1.05 bits per heavy atom. The van der Waals surface area contributed by atoms with Crippen LogP contribution in [0, 0.1) is 24.6 Å².